The summed E-state index contributed by atoms with van der Waals surface area (Å²) >= 11 is 0. The van der Waals surface area contributed by atoms with Crippen LogP contribution in [-0.2, 0) is 6.42 Å². The second kappa shape index (κ2) is 4.15. The molecule has 1 saturated carbocycles. The average Bonchev–Trinajstić information content (AvgIpc) is 2.83. The lowest BCUT2D eigenvalue weighted by Gasteiger charge is -2.11. The zero-order chi connectivity index (χ0) is 11.7. The van der Waals surface area contributed by atoms with Gasteiger partial charge in [-0.05, 0) is 19.3 Å². The highest BCUT2D eigenvalue weighted by molar-refractivity contribution is 5.98. The zero-order valence-electron chi connectivity index (χ0n) is 9.57. The number of nitrogens with zero attached hydrogens (tertiary/aromatic N) is 2. The van der Waals surface area contributed by atoms with Gasteiger partial charge in [0.15, 0.2) is 0 Å². The normalized spacial score (nSPS) is 16.8. The van der Waals surface area contributed by atoms with Crippen LogP contribution in [0.15, 0.2) is 0 Å². The molecule has 1 aliphatic carbocycles. The lowest BCUT2D eigenvalue weighted by Crippen LogP contribution is -2.16. The van der Waals surface area contributed by atoms with Crippen molar-refractivity contribution >= 4 is 11.7 Å². The van der Waals surface area contributed by atoms with Crippen molar-refractivity contribution in [1.29, 1.82) is 0 Å². The molecule has 0 spiro atoms. The molecule has 1 fully saturated rings. The van der Waals surface area contributed by atoms with Crippen molar-refractivity contribution in [3.63, 3.8) is 0 Å². The molecule has 88 valence electrons. The van der Waals surface area contributed by atoms with Gasteiger partial charge in [0, 0.05) is 0 Å². The first-order valence-corrected chi connectivity index (χ1v) is 5.81. The Morgan fingerprint density at radius 3 is 2.56 bits per heavy atom. The largest absolute Gasteiger partial charge is 0.383 e. The molecular formula is C11H18N4O. The van der Waals surface area contributed by atoms with Crippen LogP contribution in [0, 0.1) is 0 Å². The second-order valence-electron chi connectivity index (χ2n) is 4.31. The van der Waals surface area contributed by atoms with E-state index in [2.05, 4.69) is 5.10 Å². The number of carbonyl (C=O) groups excluding carboxylic acids is 1. The fraction of sp³-hybridized carbons (Fsp3) is 0.636. The third-order valence-electron chi connectivity index (χ3n) is 3.27. The van der Waals surface area contributed by atoms with Gasteiger partial charge in [0.1, 0.15) is 11.4 Å². The number of nitrogens with two attached hydrogens (primary N) is 2. The minimum Gasteiger partial charge on any atom is -0.383 e. The Kier molecular flexibility index (Phi) is 2.85. The molecule has 1 amide bonds. The number of aryl methyl sites for hydroxylation is 1. The molecule has 5 nitrogen and oxygen atoms in total. The summed E-state index contributed by atoms with van der Waals surface area (Å²) in [5.41, 5.74) is 12.4. The summed E-state index contributed by atoms with van der Waals surface area (Å²) in [6.45, 7) is 1.95. The molecule has 16 heavy (non-hydrogen) atoms. The number of aromatic nitrogens is 2. The minimum atomic E-state index is -0.474. The Balaban J connectivity index is 2.42. The van der Waals surface area contributed by atoms with E-state index in [-0.39, 0.29) is 0 Å². The molecule has 0 saturated heterocycles. The molecule has 0 bridgehead atoms. The van der Waals surface area contributed by atoms with Crippen LogP contribution >= 0.6 is 0 Å². The Morgan fingerprint density at radius 2 is 2.12 bits per heavy atom. The van der Waals surface area contributed by atoms with Gasteiger partial charge in [-0.25, -0.2) is 4.68 Å². The lowest BCUT2D eigenvalue weighted by atomic mass is 10.2. The zero-order valence-corrected chi connectivity index (χ0v) is 9.57. The summed E-state index contributed by atoms with van der Waals surface area (Å²) < 4.78 is 1.80. The Labute approximate surface area is 94.8 Å². The number of amides is 1. The standard InChI is InChI=1S/C11H18N4O/c1-2-8-9(11(13)16)10(12)15(14-8)7-5-3-4-6-7/h7H,2-6,12H2,1H3,(H2,13,16). The van der Waals surface area contributed by atoms with E-state index >= 15 is 0 Å². The summed E-state index contributed by atoms with van der Waals surface area (Å²) in [5, 5.41) is 4.42. The van der Waals surface area contributed by atoms with Crippen LogP contribution in [0.25, 0.3) is 0 Å². The molecule has 1 aliphatic rings. The first-order valence-electron chi connectivity index (χ1n) is 5.81. The summed E-state index contributed by atoms with van der Waals surface area (Å²) in [7, 11) is 0. The molecule has 0 aliphatic heterocycles. The van der Waals surface area contributed by atoms with Crippen LogP contribution in [0.2, 0.25) is 0 Å². The van der Waals surface area contributed by atoms with Crippen molar-refractivity contribution in [3.05, 3.63) is 11.3 Å². The van der Waals surface area contributed by atoms with E-state index in [1.165, 1.54) is 12.8 Å². The van der Waals surface area contributed by atoms with E-state index in [0.29, 0.717) is 23.8 Å². The van der Waals surface area contributed by atoms with E-state index in [0.717, 1.165) is 18.5 Å². The summed E-state index contributed by atoms with van der Waals surface area (Å²) in [4.78, 5) is 11.3. The van der Waals surface area contributed by atoms with Crippen LogP contribution in [0.1, 0.15) is 54.7 Å². The quantitative estimate of drug-likeness (QED) is 0.806. The fourth-order valence-corrected chi connectivity index (χ4v) is 2.44. The van der Waals surface area contributed by atoms with E-state index in [1.807, 2.05) is 6.92 Å². The Bertz CT molecular complexity index is 404. The van der Waals surface area contributed by atoms with Gasteiger partial charge in [0.05, 0.1) is 11.7 Å². The van der Waals surface area contributed by atoms with Crippen LogP contribution in [-0.4, -0.2) is 15.7 Å². The van der Waals surface area contributed by atoms with Gasteiger partial charge in [-0.1, -0.05) is 19.8 Å². The van der Waals surface area contributed by atoms with E-state index in [9.17, 15) is 4.79 Å². The highest BCUT2D eigenvalue weighted by Gasteiger charge is 2.25. The third kappa shape index (κ3) is 1.66. The van der Waals surface area contributed by atoms with Crippen molar-refractivity contribution in [2.24, 2.45) is 5.73 Å². The summed E-state index contributed by atoms with van der Waals surface area (Å²) in [5.74, 6) is -0.0325. The molecule has 0 unspecified atom stereocenters. The minimum absolute atomic E-state index is 0.346. The molecule has 1 aromatic rings. The molecule has 2 rings (SSSR count). The predicted octanol–water partition coefficient (Wildman–Crippen LogP) is 1.24. The number of hydrogen-bond donors (Lipinski definition) is 2. The van der Waals surface area contributed by atoms with Gasteiger partial charge in [-0.15, -0.1) is 0 Å². The second-order valence-corrected chi connectivity index (χ2v) is 4.31. The van der Waals surface area contributed by atoms with Crippen molar-refractivity contribution in [3.8, 4) is 0 Å². The summed E-state index contributed by atoms with van der Waals surface area (Å²) in [6.07, 6.45) is 5.28. The molecule has 1 aromatic heterocycles. The van der Waals surface area contributed by atoms with Gasteiger partial charge < -0.3 is 11.5 Å². The van der Waals surface area contributed by atoms with Crippen molar-refractivity contribution in [2.45, 2.75) is 45.1 Å². The van der Waals surface area contributed by atoms with Crippen LogP contribution < -0.4 is 11.5 Å². The maximum absolute atomic E-state index is 11.3. The molecule has 0 aromatic carbocycles. The fourth-order valence-electron chi connectivity index (χ4n) is 2.44. The molecular weight excluding hydrogens is 204 g/mol. The highest BCUT2D eigenvalue weighted by Crippen LogP contribution is 2.32. The first-order chi connectivity index (χ1) is 7.65. The SMILES string of the molecule is CCc1nn(C2CCCC2)c(N)c1C(N)=O. The number of rotatable bonds is 3. The number of nitrogen functional groups attached to an aromatic ring is 1. The molecule has 0 radical (unpaired) electrons. The lowest BCUT2D eigenvalue weighted by molar-refractivity contribution is 0.1000. The van der Waals surface area contributed by atoms with E-state index < -0.39 is 5.91 Å². The smallest absolute Gasteiger partial charge is 0.254 e. The van der Waals surface area contributed by atoms with Gasteiger partial charge in [0.25, 0.3) is 5.91 Å². The maximum Gasteiger partial charge on any atom is 0.254 e. The van der Waals surface area contributed by atoms with Crippen molar-refractivity contribution < 1.29 is 4.79 Å². The highest BCUT2D eigenvalue weighted by atomic mass is 16.1. The molecule has 4 N–H and O–H groups in total. The number of hydrogen-bond acceptors (Lipinski definition) is 3. The Morgan fingerprint density at radius 1 is 1.50 bits per heavy atom. The molecule has 0 atom stereocenters. The Hall–Kier alpha value is -1.52. The molecule has 5 heteroatoms. The number of anilines is 1. The topological polar surface area (TPSA) is 86.9 Å². The van der Waals surface area contributed by atoms with Crippen LogP contribution in [0.4, 0.5) is 5.82 Å². The van der Waals surface area contributed by atoms with Gasteiger partial charge in [-0.3, -0.25) is 4.79 Å². The van der Waals surface area contributed by atoms with Gasteiger partial charge in [0.2, 0.25) is 0 Å². The maximum atomic E-state index is 11.3. The van der Waals surface area contributed by atoms with Gasteiger partial charge >= 0.3 is 0 Å². The molecule has 1 heterocycles. The van der Waals surface area contributed by atoms with E-state index in [4.69, 9.17) is 11.5 Å². The third-order valence-corrected chi connectivity index (χ3v) is 3.27. The number of carbonyl (C=O) groups is 1. The van der Waals surface area contributed by atoms with E-state index in [1.54, 1.807) is 4.68 Å². The predicted molar refractivity (Wildman–Crippen MR) is 62.0 cm³/mol. The van der Waals surface area contributed by atoms with Crippen LogP contribution in [0.5, 0.6) is 0 Å². The van der Waals surface area contributed by atoms with Gasteiger partial charge in [-0.2, -0.15) is 5.10 Å². The van der Waals surface area contributed by atoms with Crippen molar-refractivity contribution in [2.75, 3.05) is 5.73 Å². The first kappa shape index (κ1) is 11.0. The average molecular weight is 222 g/mol. The van der Waals surface area contributed by atoms with Crippen LogP contribution in [0.3, 0.4) is 0 Å². The monoisotopic (exact) mass is 222 g/mol. The number of primary amides is 1. The van der Waals surface area contributed by atoms with Crippen molar-refractivity contribution in [1.82, 2.24) is 9.78 Å². The summed E-state index contributed by atoms with van der Waals surface area (Å²) in [6, 6.07) is 0.346.